The quantitative estimate of drug-likeness (QED) is 0.599. The third kappa shape index (κ3) is 4.52. The van der Waals surface area contributed by atoms with E-state index in [4.69, 9.17) is 14.2 Å². The van der Waals surface area contributed by atoms with Crippen molar-refractivity contribution in [3.8, 4) is 16.9 Å². The summed E-state index contributed by atoms with van der Waals surface area (Å²) in [7, 11) is 1.49. The standard InChI is InChI=1S/C26H32FNO4/c1-16-13-23(24(27)25(30-4)17(16)2)22-8-5-20(14-19(22)15-32-21-6-7-21)28-26(18(3)29)9-11-31-12-10-26/h5,8,13-14,21,28H,6-7,9-12,15H2,1-4H3. The molecule has 0 unspecified atom stereocenters. The molecule has 6 heteroatoms. The number of carbonyl (C=O) groups is 1. The van der Waals surface area contributed by atoms with Crippen LogP contribution in [0.5, 0.6) is 5.75 Å². The van der Waals surface area contributed by atoms with Gasteiger partial charge in [-0.05, 0) is 74.1 Å². The first-order valence-corrected chi connectivity index (χ1v) is 11.3. The average Bonchev–Trinajstić information content (AvgIpc) is 3.61. The van der Waals surface area contributed by atoms with E-state index in [2.05, 4.69) is 5.32 Å². The Kier molecular flexibility index (Phi) is 6.54. The van der Waals surface area contributed by atoms with Crippen LogP contribution in [-0.2, 0) is 20.9 Å². The van der Waals surface area contributed by atoms with Gasteiger partial charge < -0.3 is 19.5 Å². The first-order valence-electron chi connectivity index (χ1n) is 11.3. The van der Waals surface area contributed by atoms with Crippen LogP contribution in [0.3, 0.4) is 0 Å². The average molecular weight is 442 g/mol. The maximum absolute atomic E-state index is 15.4. The highest BCUT2D eigenvalue weighted by Crippen LogP contribution is 2.38. The van der Waals surface area contributed by atoms with Crippen LogP contribution in [0.15, 0.2) is 24.3 Å². The third-order valence-corrected chi connectivity index (χ3v) is 6.73. The molecule has 172 valence electrons. The molecule has 0 bridgehead atoms. The number of anilines is 1. The molecule has 0 amide bonds. The summed E-state index contributed by atoms with van der Waals surface area (Å²) in [6.07, 6.45) is 3.65. The zero-order valence-corrected chi connectivity index (χ0v) is 19.3. The highest BCUT2D eigenvalue weighted by Gasteiger charge is 2.37. The molecule has 32 heavy (non-hydrogen) atoms. The number of carbonyl (C=O) groups excluding carboxylic acids is 1. The zero-order chi connectivity index (χ0) is 22.9. The van der Waals surface area contributed by atoms with Crippen LogP contribution in [0.25, 0.3) is 11.1 Å². The number of benzene rings is 2. The molecule has 5 nitrogen and oxygen atoms in total. The van der Waals surface area contributed by atoms with Gasteiger partial charge in [0.25, 0.3) is 0 Å². The number of methoxy groups -OCH3 is 1. The SMILES string of the molecule is COc1c(C)c(C)cc(-c2ccc(NC3(C(C)=O)CCOCC3)cc2COC2CC2)c1F. The summed E-state index contributed by atoms with van der Waals surface area (Å²) in [4.78, 5) is 12.5. The molecule has 4 rings (SSSR count). The molecule has 2 fully saturated rings. The minimum atomic E-state index is -0.636. The number of halogens is 1. The monoisotopic (exact) mass is 441 g/mol. The van der Waals surface area contributed by atoms with E-state index in [1.807, 2.05) is 38.1 Å². The number of nitrogens with one attached hydrogen (secondary N) is 1. The van der Waals surface area contributed by atoms with Gasteiger partial charge in [-0.3, -0.25) is 4.79 Å². The Morgan fingerprint density at radius 3 is 2.53 bits per heavy atom. The number of ether oxygens (including phenoxy) is 3. The fraction of sp³-hybridized carbons (Fsp3) is 0.500. The molecule has 1 heterocycles. The summed E-state index contributed by atoms with van der Waals surface area (Å²) < 4.78 is 32.2. The normalized spacial score (nSPS) is 17.8. The lowest BCUT2D eigenvalue weighted by atomic mass is 9.85. The summed E-state index contributed by atoms with van der Waals surface area (Å²) in [5.41, 5.74) is 4.12. The minimum absolute atomic E-state index is 0.102. The van der Waals surface area contributed by atoms with Gasteiger partial charge in [-0.2, -0.15) is 0 Å². The fourth-order valence-corrected chi connectivity index (χ4v) is 4.35. The van der Waals surface area contributed by atoms with Crippen molar-refractivity contribution in [3.63, 3.8) is 0 Å². The van der Waals surface area contributed by atoms with E-state index in [0.717, 1.165) is 40.8 Å². The molecular weight excluding hydrogens is 409 g/mol. The molecule has 0 aromatic heterocycles. The first-order chi connectivity index (χ1) is 15.3. The Morgan fingerprint density at radius 2 is 1.91 bits per heavy atom. The minimum Gasteiger partial charge on any atom is -0.493 e. The van der Waals surface area contributed by atoms with Crippen LogP contribution in [0.1, 0.15) is 49.3 Å². The lowest BCUT2D eigenvalue weighted by Gasteiger charge is -2.36. The van der Waals surface area contributed by atoms with Crippen molar-refractivity contribution < 1.29 is 23.4 Å². The Balaban J connectivity index is 1.74. The molecule has 1 saturated carbocycles. The van der Waals surface area contributed by atoms with E-state index in [0.29, 0.717) is 38.2 Å². The third-order valence-electron chi connectivity index (χ3n) is 6.73. The summed E-state index contributed by atoms with van der Waals surface area (Å²) in [5.74, 6) is 0.00761. The Morgan fingerprint density at radius 1 is 1.19 bits per heavy atom. The first kappa shape index (κ1) is 22.7. The Labute approximate surface area is 189 Å². The highest BCUT2D eigenvalue weighted by atomic mass is 19.1. The van der Waals surface area contributed by atoms with E-state index in [1.54, 1.807) is 6.92 Å². The van der Waals surface area contributed by atoms with E-state index >= 15 is 4.39 Å². The van der Waals surface area contributed by atoms with Crippen molar-refractivity contribution in [1.82, 2.24) is 0 Å². The Bertz CT molecular complexity index is 1010. The van der Waals surface area contributed by atoms with Crippen molar-refractivity contribution in [2.24, 2.45) is 0 Å². The van der Waals surface area contributed by atoms with Gasteiger partial charge in [-0.15, -0.1) is 0 Å². The second kappa shape index (κ2) is 9.20. The number of Topliss-reactive ketones (excluding diaryl/α,β-unsaturated/α-hetero) is 1. The molecule has 2 aromatic carbocycles. The van der Waals surface area contributed by atoms with Gasteiger partial charge in [-0.25, -0.2) is 4.39 Å². The van der Waals surface area contributed by atoms with E-state index < -0.39 is 5.54 Å². The maximum atomic E-state index is 15.4. The van der Waals surface area contributed by atoms with Gasteiger partial charge in [0.2, 0.25) is 0 Å². The van der Waals surface area contributed by atoms with Crippen LogP contribution in [-0.4, -0.2) is 37.7 Å². The van der Waals surface area contributed by atoms with Crippen molar-refractivity contribution in [1.29, 1.82) is 0 Å². The summed E-state index contributed by atoms with van der Waals surface area (Å²) in [6, 6.07) is 7.68. The molecule has 1 aliphatic carbocycles. The lowest BCUT2D eigenvalue weighted by Crippen LogP contribution is -2.49. The van der Waals surface area contributed by atoms with Gasteiger partial charge in [0, 0.05) is 37.3 Å². The van der Waals surface area contributed by atoms with Crippen LogP contribution < -0.4 is 10.1 Å². The predicted molar refractivity (Wildman–Crippen MR) is 123 cm³/mol. The smallest absolute Gasteiger partial charge is 0.173 e. The van der Waals surface area contributed by atoms with Crippen molar-refractivity contribution in [2.75, 3.05) is 25.6 Å². The van der Waals surface area contributed by atoms with E-state index in [-0.39, 0.29) is 23.5 Å². The molecule has 0 radical (unpaired) electrons. The summed E-state index contributed by atoms with van der Waals surface area (Å²) in [5, 5.41) is 3.47. The van der Waals surface area contributed by atoms with Crippen LogP contribution in [0, 0.1) is 19.7 Å². The number of hydrogen-bond donors (Lipinski definition) is 1. The predicted octanol–water partition coefficient (Wildman–Crippen LogP) is 5.35. The number of rotatable bonds is 8. The second-order valence-electron chi connectivity index (χ2n) is 8.97. The Hall–Kier alpha value is -2.44. The molecule has 1 saturated heterocycles. The number of ketones is 1. The number of aryl methyl sites for hydroxylation is 1. The van der Waals surface area contributed by atoms with Gasteiger partial charge in [0.15, 0.2) is 17.3 Å². The van der Waals surface area contributed by atoms with E-state index in [1.165, 1.54) is 7.11 Å². The van der Waals surface area contributed by atoms with Crippen LogP contribution >= 0.6 is 0 Å². The van der Waals surface area contributed by atoms with Gasteiger partial charge in [-0.1, -0.05) is 6.07 Å². The van der Waals surface area contributed by atoms with Crippen LogP contribution in [0.2, 0.25) is 0 Å². The van der Waals surface area contributed by atoms with E-state index in [9.17, 15) is 4.79 Å². The largest absolute Gasteiger partial charge is 0.493 e. The summed E-state index contributed by atoms with van der Waals surface area (Å²) in [6.45, 7) is 6.94. The zero-order valence-electron chi connectivity index (χ0n) is 19.3. The molecule has 0 spiro atoms. The van der Waals surface area contributed by atoms with Crippen molar-refractivity contribution in [2.45, 2.75) is 64.7 Å². The lowest BCUT2D eigenvalue weighted by molar-refractivity contribution is -0.124. The molecular formula is C26H32FNO4. The highest BCUT2D eigenvalue weighted by molar-refractivity contribution is 5.89. The number of hydrogen-bond acceptors (Lipinski definition) is 5. The van der Waals surface area contributed by atoms with Gasteiger partial charge in [0.1, 0.15) is 5.54 Å². The summed E-state index contributed by atoms with van der Waals surface area (Å²) >= 11 is 0. The molecule has 1 aliphatic heterocycles. The molecule has 2 aliphatic rings. The molecule has 2 aromatic rings. The van der Waals surface area contributed by atoms with Gasteiger partial charge in [0.05, 0.1) is 19.8 Å². The molecule has 0 atom stereocenters. The second-order valence-corrected chi connectivity index (χ2v) is 8.97. The van der Waals surface area contributed by atoms with Crippen molar-refractivity contribution >= 4 is 11.5 Å². The van der Waals surface area contributed by atoms with Crippen molar-refractivity contribution in [3.05, 3.63) is 46.8 Å². The topological polar surface area (TPSA) is 56.8 Å². The van der Waals surface area contributed by atoms with Gasteiger partial charge >= 0.3 is 0 Å². The van der Waals surface area contributed by atoms with Crippen LogP contribution in [0.4, 0.5) is 10.1 Å². The maximum Gasteiger partial charge on any atom is 0.173 e. The fourth-order valence-electron chi connectivity index (χ4n) is 4.35. The molecule has 1 N–H and O–H groups in total.